The van der Waals surface area contributed by atoms with Crippen LogP contribution in [0.15, 0.2) is 6.07 Å². The number of aromatic hydroxyl groups is 1. The standard InChI is InChI=1S/C29H44O13/c1-31-15-39-22-14-21(35-5)25(40-16-32-2)19(24(22)36-6)12-10-9-11-13-20-26(37-7)29(42-18-34-4)23(30)28(38-8)27(20)41-17-33-3/h14,30H,9-13,15-18H2,1-8H3. The van der Waals surface area contributed by atoms with Gasteiger partial charge in [0.05, 0.1) is 28.4 Å². The van der Waals surface area contributed by atoms with Gasteiger partial charge in [0.15, 0.2) is 61.7 Å². The molecule has 0 saturated carbocycles. The Labute approximate surface area is 247 Å². The van der Waals surface area contributed by atoms with E-state index in [1.807, 2.05) is 0 Å². The van der Waals surface area contributed by atoms with Crippen molar-refractivity contribution in [2.45, 2.75) is 32.1 Å². The third-order valence-corrected chi connectivity index (χ3v) is 6.13. The van der Waals surface area contributed by atoms with E-state index in [9.17, 15) is 5.11 Å². The predicted octanol–water partition coefficient (Wildman–Crippen LogP) is 4.31. The summed E-state index contributed by atoms with van der Waals surface area (Å²) in [6.07, 6.45) is 3.39. The summed E-state index contributed by atoms with van der Waals surface area (Å²) in [7, 11) is 12.1. The van der Waals surface area contributed by atoms with Crippen LogP contribution in [0.25, 0.3) is 0 Å². The lowest BCUT2D eigenvalue weighted by atomic mass is 9.99. The van der Waals surface area contributed by atoms with E-state index < -0.39 is 0 Å². The predicted molar refractivity (Wildman–Crippen MR) is 152 cm³/mol. The lowest BCUT2D eigenvalue weighted by molar-refractivity contribution is 0.0425. The highest BCUT2D eigenvalue weighted by atomic mass is 16.7. The monoisotopic (exact) mass is 600 g/mol. The lowest BCUT2D eigenvalue weighted by Crippen LogP contribution is -2.09. The Bertz CT molecular complexity index is 1090. The van der Waals surface area contributed by atoms with Crippen LogP contribution in [0, 0.1) is 0 Å². The van der Waals surface area contributed by atoms with Crippen LogP contribution >= 0.6 is 0 Å². The van der Waals surface area contributed by atoms with Gasteiger partial charge in [0, 0.05) is 45.6 Å². The number of hydrogen-bond acceptors (Lipinski definition) is 13. The first-order chi connectivity index (χ1) is 20.5. The fourth-order valence-electron chi connectivity index (χ4n) is 4.39. The average Bonchev–Trinajstić information content (AvgIpc) is 3.01. The molecular formula is C29H44O13. The number of benzene rings is 2. The third-order valence-electron chi connectivity index (χ3n) is 6.13. The van der Waals surface area contributed by atoms with Gasteiger partial charge in [-0.3, -0.25) is 0 Å². The van der Waals surface area contributed by atoms with E-state index in [0.717, 1.165) is 24.8 Å². The van der Waals surface area contributed by atoms with Gasteiger partial charge in [0.25, 0.3) is 0 Å². The van der Waals surface area contributed by atoms with Gasteiger partial charge >= 0.3 is 0 Å². The summed E-state index contributed by atoms with van der Waals surface area (Å²) >= 11 is 0. The molecule has 0 spiro atoms. The Balaban J connectivity index is 2.34. The summed E-state index contributed by atoms with van der Waals surface area (Å²) in [6.45, 7) is -0.0853. The first-order valence-electron chi connectivity index (χ1n) is 13.2. The maximum atomic E-state index is 10.9. The molecule has 0 heterocycles. The van der Waals surface area contributed by atoms with Crippen LogP contribution in [-0.4, -0.2) is 89.2 Å². The summed E-state index contributed by atoms with van der Waals surface area (Å²) in [6, 6.07) is 1.70. The van der Waals surface area contributed by atoms with E-state index in [0.29, 0.717) is 52.9 Å². The molecule has 2 aromatic rings. The summed E-state index contributed by atoms with van der Waals surface area (Å²) < 4.78 is 65.8. The Kier molecular flexibility index (Phi) is 15.5. The molecule has 238 valence electrons. The number of unbranched alkanes of at least 4 members (excludes halogenated alkanes) is 2. The summed E-state index contributed by atoms with van der Waals surface area (Å²) in [5, 5.41) is 10.9. The Morgan fingerprint density at radius 3 is 1.43 bits per heavy atom. The zero-order valence-electron chi connectivity index (χ0n) is 25.8. The largest absolute Gasteiger partial charge is 0.501 e. The molecule has 0 saturated heterocycles. The van der Waals surface area contributed by atoms with E-state index >= 15 is 0 Å². The molecule has 0 atom stereocenters. The van der Waals surface area contributed by atoms with Crippen molar-refractivity contribution < 1.29 is 61.9 Å². The Morgan fingerprint density at radius 2 is 0.929 bits per heavy atom. The van der Waals surface area contributed by atoms with Crippen molar-refractivity contribution >= 4 is 0 Å². The molecular weight excluding hydrogens is 556 g/mol. The molecule has 42 heavy (non-hydrogen) atoms. The van der Waals surface area contributed by atoms with Gasteiger partial charge < -0.3 is 61.9 Å². The summed E-state index contributed by atoms with van der Waals surface area (Å²) in [4.78, 5) is 0. The zero-order valence-corrected chi connectivity index (χ0v) is 25.8. The van der Waals surface area contributed by atoms with Gasteiger partial charge in [0.2, 0.25) is 17.2 Å². The molecule has 0 aliphatic carbocycles. The van der Waals surface area contributed by atoms with Gasteiger partial charge in [-0.05, 0) is 25.7 Å². The molecule has 0 unspecified atom stereocenters. The summed E-state index contributed by atoms with van der Waals surface area (Å²) in [5.74, 6) is 2.57. The van der Waals surface area contributed by atoms with E-state index in [4.69, 9.17) is 56.8 Å². The Morgan fingerprint density at radius 1 is 0.452 bits per heavy atom. The molecule has 0 amide bonds. The molecule has 2 rings (SSSR count). The molecule has 0 fully saturated rings. The SMILES string of the molecule is COCOc1cc(OC)c(OCOC)c(CCCCCc2c(OC)c(OCOC)c(O)c(OC)c2OCOC)c1OC. The average molecular weight is 601 g/mol. The van der Waals surface area contributed by atoms with Crippen molar-refractivity contribution in [2.24, 2.45) is 0 Å². The Hall–Kier alpha value is -3.52. The number of phenolic OH excluding ortho intramolecular Hbond substituents is 1. The van der Waals surface area contributed by atoms with Crippen molar-refractivity contribution in [2.75, 3.05) is 84.1 Å². The van der Waals surface area contributed by atoms with E-state index in [2.05, 4.69) is 0 Å². The maximum Gasteiger partial charge on any atom is 0.210 e. The van der Waals surface area contributed by atoms with Crippen molar-refractivity contribution in [3.05, 3.63) is 17.2 Å². The first kappa shape index (κ1) is 34.7. The molecule has 0 aliphatic heterocycles. The molecule has 13 heteroatoms. The number of rotatable bonds is 22. The molecule has 1 N–H and O–H groups in total. The minimum Gasteiger partial charge on any atom is -0.501 e. The lowest BCUT2D eigenvalue weighted by Gasteiger charge is -2.22. The molecule has 0 aliphatic rings. The molecule has 13 nitrogen and oxygen atoms in total. The van der Waals surface area contributed by atoms with Crippen molar-refractivity contribution in [1.82, 2.24) is 0 Å². The topological polar surface area (TPSA) is 131 Å². The minimum absolute atomic E-state index is 0.0327. The van der Waals surface area contributed by atoms with Gasteiger partial charge in [-0.1, -0.05) is 6.42 Å². The fourth-order valence-corrected chi connectivity index (χ4v) is 4.39. The zero-order chi connectivity index (χ0) is 30.9. The maximum absolute atomic E-state index is 10.9. The smallest absolute Gasteiger partial charge is 0.210 e. The molecule has 0 bridgehead atoms. The van der Waals surface area contributed by atoms with Crippen LogP contribution in [-0.2, 0) is 31.8 Å². The van der Waals surface area contributed by atoms with Crippen LogP contribution in [0.1, 0.15) is 30.4 Å². The van der Waals surface area contributed by atoms with E-state index in [-0.39, 0.29) is 44.4 Å². The normalized spacial score (nSPS) is 10.8. The second kappa shape index (κ2) is 18.8. The summed E-state index contributed by atoms with van der Waals surface area (Å²) in [5.41, 5.74) is 1.44. The van der Waals surface area contributed by atoms with E-state index in [1.165, 1.54) is 35.5 Å². The second-order valence-corrected chi connectivity index (χ2v) is 8.73. The van der Waals surface area contributed by atoms with Crippen LogP contribution in [0.5, 0.6) is 51.7 Å². The number of ether oxygens (including phenoxy) is 12. The number of hydrogen-bond donors (Lipinski definition) is 1. The first-order valence-corrected chi connectivity index (χ1v) is 13.2. The van der Waals surface area contributed by atoms with Crippen molar-refractivity contribution in [1.29, 1.82) is 0 Å². The highest BCUT2D eigenvalue weighted by Gasteiger charge is 2.28. The van der Waals surface area contributed by atoms with Gasteiger partial charge in [-0.25, -0.2) is 0 Å². The quantitative estimate of drug-likeness (QED) is 0.152. The van der Waals surface area contributed by atoms with Crippen LogP contribution < -0.4 is 37.9 Å². The number of methoxy groups -OCH3 is 8. The van der Waals surface area contributed by atoms with Gasteiger partial charge in [-0.2, -0.15) is 0 Å². The van der Waals surface area contributed by atoms with Crippen molar-refractivity contribution in [3.63, 3.8) is 0 Å². The number of phenols is 1. The van der Waals surface area contributed by atoms with E-state index in [1.54, 1.807) is 27.4 Å². The van der Waals surface area contributed by atoms with Crippen LogP contribution in [0.4, 0.5) is 0 Å². The third kappa shape index (κ3) is 8.74. The minimum atomic E-state index is -0.263. The second-order valence-electron chi connectivity index (χ2n) is 8.73. The van der Waals surface area contributed by atoms with Gasteiger partial charge in [0.1, 0.15) is 0 Å². The van der Waals surface area contributed by atoms with Crippen LogP contribution in [0.2, 0.25) is 0 Å². The highest BCUT2D eigenvalue weighted by molar-refractivity contribution is 5.69. The van der Waals surface area contributed by atoms with Crippen molar-refractivity contribution in [3.8, 4) is 51.7 Å². The molecule has 0 radical (unpaired) electrons. The van der Waals surface area contributed by atoms with Gasteiger partial charge in [-0.15, -0.1) is 0 Å². The molecule has 2 aromatic carbocycles. The molecule has 0 aromatic heterocycles. The fraction of sp³-hybridized carbons (Fsp3) is 0.586. The highest BCUT2D eigenvalue weighted by Crippen LogP contribution is 2.53. The van der Waals surface area contributed by atoms with Crippen LogP contribution in [0.3, 0.4) is 0 Å².